The van der Waals surface area contributed by atoms with Gasteiger partial charge in [0.2, 0.25) is 17.7 Å². The number of aromatic amines is 1. The number of carbonyl (C=O) groups is 4. The molecule has 2 aromatic heterocycles. The van der Waals surface area contributed by atoms with Crippen molar-refractivity contribution in [3.63, 3.8) is 0 Å². The Balaban J connectivity index is 0.898. The van der Waals surface area contributed by atoms with E-state index >= 15 is 0 Å². The zero-order valence-corrected chi connectivity index (χ0v) is 37.4. The van der Waals surface area contributed by atoms with Crippen LogP contribution in [0.25, 0.3) is 22.5 Å². The molecule has 7 rings (SSSR count). The Labute approximate surface area is 377 Å². The lowest BCUT2D eigenvalue weighted by atomic mass is 9.85. The second-order valence-electron chi connectivity index (χ2n) is 17.3. The van der Waals surface area contributed by atoms with Crippen molar-refractivity contribution in [3.8, 4) is 28.3 Å². The Morgan fingerprint density at radius 1 is 0.938 bits per heavy atom. The number of carbonyl (C=O) groups excluding carboxylic acids is 4. The molecule has 0 saturated carbocycles. The zero-order chi connectivity index (χ0) is 45.5. The number of aliphatic hydroxyl groups is 1. The molecular weight excluding hydrogens is 836 g/mol. The van der Waals surface area contributed by atoms with Crippen LogP contribution in [0.5, 0.6) is 5.75 Å². The van der Waals surface area contributed by atoms with Crippen molar-refractivity contribution in [2.24, 2.45) is 5.41 Å². The van der Waals surface area contributed by atoms with E-state index in [1.54, 1.807) is 43.6 Å². The Hall–Kier alpha value is -6.29. The molecule has 2 fully saturated rings. The number of aliphatic hydroxyl groups excluding tert-OH is 1. The summed E-state index contributed by atoms with van der Waals surface area (Å²) >= 11 is 6.39. The number of anilines is 2. The lowest BCUT2D eigenvalue weighted by molar-refractivity contribution is -0.145. The molecule has 336 valence electrons. The van der Waals surface area contributed by atoms with Gasteiger partial charge in [-0.1, -0.05) is 80.9 Å². The number of β-amino-alcohol motifs (C(OH)–C–C–N with tert-alkyl or cyclic N) is 1. The number of hydrogen-bond acceptors (Lipinski definition) is 10. The van der Waals surface area contributed by atoms with Crippen molar-refractivity contribution in [3.05, 3.63) is 113 Å². The van der Waals surface area contributed by atoms with Crippen LogP contribution >= 0.6 is 11.6 Å². The molecule has 2 aliphatic rings. The average molecular weight is 891 g/mol. The van der Waals surface area contributed by atoms with Gasteiger partial charge in [0.25, 0.3) is 5.91 Å². The number of nitrogens with one attached hydrogen (secondary N) is 4. The summed E-state index contributed by atoms with van der Waals surface area (Å²) in [6.07, 6.45) is 1.99. The minimum atomic E-state index is -0.980. The Morgan fingerprint density at radius 3 is 2.38 bits per heavy atom. The number of piperidine rings is 1. The Morgan fingerprint density at radius 2 is 1.69 bits per heavy atom. The second kappa shape index (κ2) is 20.0. The Bertz CT molecular complexity index is 2430. The molecular formula is C48H55ClN8O7. The van der Waals surface area contributed by atoms with Gasteiger partial charge in [0.05, 0.1) is 36.7 Å². The summed E-state index contributed by atoms with van der Waals surface area (Å²) in [6.45, 7) is 8.43. The molecule has 5 N–H and O–H groups in total. The summed E-state index contributed by atoms with van der Waals surface area (Å²) in [5, 5.41) is 27.0. The van der Waals surface area contributed by atoms with Crippen LogP contribution in [-0.4, -0.2) is 106 Å². The highest BCUT2D eigenvalue weighted by Crippen LogP contribution is 2.33. The van der Waals surface area contributed by atoms with Crippen LogP contribution in [-0.2, 0) is 19.1 Å². The number of likely N-dealkylation sites (tertiary alicyclic amines) is 1. The van der Waals surface area contributed by atoms with Crippen molar-refractivity contribution in [1.29, 1.82) is 0 Å². The highest BCUT2D eigenvalue weighted by Gasteiger charge is 2.45. The van der Waals surface area contributed by atoms with E-state index < -0.39 is 35.4 Å². The minimum absolute atomic E-state index is 0.0300. The van der Waals surface area contributed by atoms with E-state index in [4.69, 9.17) is 21.1 Å². The maximum Gasteiger partial charge on any atom is 0.274 e. The van der Waals surface area contributed by atoms with Crippen LogP contribution in [0.3, 0.4) is 0 Å². The molecule has 0 radical (unpaired) electrons. The number of H-pyrrole nitrogens is 1. The number of benzene rings is 3. The fourth-order valence-electron chi connectivity index (χ4n) is 8.11. The van der Waals surface area contributed by atoms with Crippen molar-refractivity contribution in [2.75, 3.05) is 43.6 Å². The highest BCUT2D eigenvalue weighted by atomic mass is 35.5. The molecule has 5 aromatic rings. The number of nitrogens with zero attached hydrogens (tertiary/aromatic N) is 4. The fraction of sp³-hybridized carbons (Fsp3) is 0.375. The van der Waals surface area contributed by atoms with E-state index in [1.807, 2.05) is 88.4 Å². The lowest BCUT2D eigenvalue weighted by Crippen LogP contribution is -2.58. The van der Waals surface area contributed by atoms with Crippen molar-refractivity contribution in [2.45, 2.75) is 77.3 Å². The van der Waals surface area contributed by atoms with Gasteiger partial charge in [-0.3, -0.25) is 24.3 Å². The fourth-order valence-corrected chi connectivity index (χ4v) is 8.35. The third kappa shape index (κ3) is 10.9. The molecule has 4 amide bonds. The van der Waals surface area contributed by atoms with Gasteiger partial charge < -0.3 is 40.3 Å². The standard InChI is InChI=1S/C48H55ClN8O7/c1-29(30-13-15-31(16-14-30)35-9-6-7-10-36(35)49)51-46(61)41-26-33(58)27-57(41)47(62)44(48(2,3)4)54-43(59)28-64-34-20-23-56(24-21-34)32-17-18-39(42(25-32)63-5)53-45(60)40-12-8-11-37(52-40)38-19-22-50-55-38/h6-19,22,25,29,33-34,41,44,58H,20-21,23-24,26-28H2,1-5H3,(H,50,55)(H,51,61)(H,53,60)(H,54,59)/t29-,33+,41-,44+/m0/s1. The predicted octanol–water partition coefficient (Wildman–Crippen LogP) is 6.41. The van der Waals surface area contributed by atoms with Gasteiger partial charge in [0.1, 0.15) is 35.8 Å². The topological polar surface area (TPSA) is 191 Å². The molecule has 16 heteroatoms. The first-order chi connectivity index (χ1) is 30.7. The number of halogens is 1. The van der Waals surface area contributed by atoms with Crippen molar-refractivity contribution < 1.29 is 33.8 Å². The SMILES string of the molecule is COc1cc(N2CCC(OCC(=O)N[C@H](C(=O)N3C[C@H](O)C[C@H]3C(=O)N[C@@H](C)c3ccc(-c4ccccc4Cl)cc3)C(C)(C)C)CC2)ccc1NC(=O)c1cccc(-c2cc[nH]n2)n1. The van der Waals surface area contributed by atoms with Gasteiger partial charge in [0.15, 0.2) is 0 Å². The smallest absolute Gasteiger partial charge is 0.274 e. The van der Waals surface area contributed by atoms with Gasteiger partial charge in [-0.25, -0.2) is 4.98 Å². The van der Waals surface area contributed by atoms with Crippen LogP contribution < -0.4 is 25.6 Å². The van der Waals surface area contributed by atoms with E-state index in [9.17, 15) is 24.3 Å². The van der Waals surface area contributed by atoms with Crippen LogP contribution in [0, 0.1) is 5.41 Å². The first kappa shape index (κ1) is 45.7. The van der Waals surface area contributed by atoms with E-state index in [-0.39, 0.29) is 49.2 Å². The minimum Gasteiger partial charge on any atom is -0.494 e. The summed E-state index contributed by atoms with van der Waals surface area (Å²) < 4.78 is 11.7. The molecule has 15 nitrogen and oxygen atoms in total. The van der Waals surface area contributed by atoms with Gasteiger partial charge in [-0.05, 0) is 72.7 Å². The van der Waals surface area contributed by atoms with Gasteiger partial charge in [0, 0.05) is 54.6 Å². The second-order valence-corrected chi connectivity index (χ2v) is 17.7. The summed E-state index contributed by atoms with van der Waals surface area (Å²) in [7, 11) is 1.55. The molecule has 4 atom stereocenters. The summed E-state index contributed by atoms with van der Waals surface area (Å²) in [5.74, 6) is -1.17. The number of hydrogen-bond donors (Lipinski definition) is 5. The largest absolute Gasteiger partial charge is 0.494 e. The zero-order valence-electron chi connectivity index (χ0n) is 36.6. The first-order valence-electron chi connectivity index (χ1n) is 21.4. The predicted molar refractivity (Wildman–Crippen MR) is 245 cm³/mol. The maximum absolute atomic E-state index is 14.2. The molecule has 0 unspecified atom stereocenters. The molecule has 3 aromatic carbocycles. The normalized spacial score (nSPS) is 17.7. The summed E-state index contributed by atoms with van der Waals surface area (Å²) in [6, 6.07) is 25.6. The van der Waals surface area contributed by atoms with E-state index in [1.165, 1.54) is 4.90 Å². The Kier molecular flexibility index (Phi) is 14.3. The van der Waals surface area contributed by atoms with Gasteiger partial charge in [-0.15, -0.1) is 0 Å². The number of pyridine rings is 1. The van der Waals surface area contributed by atoms with Crippen molar-refractivity contribution in [1.82, 2.24) is 30.7 Å². The first-order valence-corrected chi connectivity index (χ1v) is 21.8. The number of rotatable bonds is 14. The quantitative estimate of drug-likeness (QED) is 0.0833. The average Bonchev–Trinajstić information content (AvgIpc) is 3.98. The monoisotopic (exact) mass is 890 g/mol. The lowest BCUT2D eigenvalue weighted by Gasteiger charge is -2.36. The van der Waals surface area contributed by atoms with Crippen LogP contribution in [0.4, 0.5) is 11.4 Å². The van der Waals surface area contributed by atoms with Crippen LogP contribution in [0.2, 0.25) is 5.02 Å². The maximum atomic E-state index is 14.2. The summed E-state index contributed by atoms with van der Waals surface area (Å²) in [5.41, 5.74) is 4.86. The molecule has 0 aliphatic carbocycles. The third-order valence-electron chi connectivity index (χ3n) is 11.7. The number of amides is 4. The van der Waals surface area contributed by atoms with E-state index in [0.29, 0.717) is 53.8 Å². The van der Waals surface area contributed by atoms with Crippen LogP contribution in [0.1, 0.15) is 69.1 Å². The number of methoxy groups -OCH3 is 1. The number of ether oxygens (including phenoxy) is 2. The highest BCUT2D eigenvalue weighted by molar-refractivity contribution is 6.33. The van der Waals surface area contributed by atoms with E-state index in [0.717, 1.165) is 22.4 Å². The van der Waals surface area contributed by atoms with Crippen LogP contribution in [0.15, 0.2) is 97.2 Å². The molecule has 2 saturated heterocycles. The summed E-state index contributed by atoms with van der Waals surface area (Å²) in [4.78, 5) is 62.5. The molecule has 64 heavy (non-hydrogen) atoms. The number of aromatic nitrogens is 3. The molecule has 0 spiro atoms. The molecule has 0 bridgehead atoms. The molecule has 4 heterocycles. The van der Waals surface area contributed by atoms with Gasteiger partial charge in [-0.2, -0.15) is 5.10 Å². The van der Waals surface area contributed by atoms with E-state index in [2.05, 4.69) is 36.0 Å². The third-order valence-corrected chi connectivity index (χ3v) is 12.0. The van der Waals surface area contributed by atoms with Gasteiger partial charge >= 0.3 is 0 Å². The van der Waals surface area contributed by atoms with Crippen molar-refractivity contribution >= 4 is 46.6 Å². The molecule has 2 aliphatic heterocycles.